The summed E-state index contributed by atoms with van der Waals surface area (Å²) in [6.45, 7) is 0. The van der Waals surface area contributed by atoms with E-state index >= 15 is 0 Å². The van der Waals surface area contributed by atoms with Gasteiger partial charge in [-0.25, -0.2) is 0 Å². The maximum atomic E-state index is 11.3. The number of hydrogen-bond acceptors (Lipinski definition) is 3. The molecule has 2 N–H and O–H groups in total. The molecule has 0 spiro atoms. The highest BCUT2D eigenvalue weighted by Gasteiger charge is 2.20. The normalized spacial score (nSPS) is 12.4. The van der Waals surface area contributed by atoms with E-state index in [-0.39, 0.29) is 26.9 Å². The van der Waals surface area contributed by atoms with E-state index in [4.69, 9.17) is 23.2 Å². The van der Waals surface area contributed by atoms with E-state index in [1.54, 1.807) is 7.05 Å². The third-order valence-corrected chi connectivity index (χ3v) is 3.63. The van der Waals surface area contributed by atoms with Crippen molar-refractivity contribution in [2.24, 2.45) is 7.05 Å². The van der Waals surface area contributed by atoms with Crippen LogP contribution in [-0.2, 0) is 7.05 Å². The zero-order valence-corrected chi connectivity index (χ0v) is 11.5. The fourth-order valence-corrected chi connectivity index (χ4v) is 2.19. The number of benzene rings is 1. The summed E-state index contributed by atoms with van der Waals surface area (Å²) in [6.07, 6.45) is 0.307. The summed E-state index contributed by atoms with van der Waals surface area (Å²) >= 11 is 11.9. The maximum Gasteiger partial charge on any atom is 0.250 e. The fourth-order valence-electron chi connectivity index (χ4n) is 1.76. The first kappa shape index (κ1) is 13.9. The lowest BCUT2D eigenvalue weighted by atomic mass is 10.0. The number of halogens is 2. The Labute approximate surface area is 119 Å². The van der Waals surface area contributed by atoms with E-state index in [0.29, 0.717) is 5.56 Å². The van der Waals surface area contributed by atoms with Crippen LogP contribution in [0, 0.1) is 0 Å². The number of nitrogens with zero attached hydrogens (tertiary/aromatic N) is 1. The van der Waals surface area contributed by atoms with Gasteiger partial charge >= 0.3 is 0 Å². The first-order valence-electron chi connectivity index (χ1n) is 5.43. The van der Waals surface area contributed by atoms with Crippen LogP contribution in [0.4, 0.5) is 0 Å². The molecule has 1 heterocycles. The molecule has 0 bridgehead atoms. The molecule has 0 fully saturated rings. The van der Waals surface area contributed by atoms with Crippen molar-refractivity contribution >= 4 is 23.2 Å². The van der Waals surface area contributed by atoms with Crippen LogP contribution in [0.5, 0.6) is 5.75 Å². The number of aromatic nitrogens is 1. The number of aliphatic hydroxyl groups excluding tert-OH is 1. The molecule has 2 rings (SSSR count). The van der Waals surface area contributed by atoms with Crippen molar-refractivity contribution in [3.63, 3.8) is 0 Å². The minimum atomic E-state index is -1.17. The van der Waals surface area contributed by atoms with Crippen molar-refractivity contribution in [1.29, 1.82) is 0 Å². The van der Waals surface area contributed by atoms with Gasteiger partial charge in [0, 0.05) is 30.4 Å². The molecule has 0 saturated heterocycles. The summed E-state index contributed by atoms with van der Waals surface area (Å²) in [7, 11) is 1.57. The van der Waals surface area contributed by atoms with Gasteiger partial charge in [-0.3, -0.25) is 4.79 Å². The zero-order chi connectivity index (χ0) is 14.2. The van der Waals surface area contributed by atoms with Gasteiger partial charge in [0.1, 0.15) is 11.9 Å². The summed E-state index contributed by atoms with van der Waals surface area (Å²) in [5, 5.41) is 20.4. The number of aromatic hydroxyl groups is 1. The van der Waals surface area contributed by atoms with Crippen LogP contribution in [-0.4, -0.2) is 14.8 Å². The van der Waals surface area contributed by atoms with Crippen molar-refractivity contribution in [3.8, 4) is 5.75 Å². The Kier molecular flexibility index (Phi) is 3.85. The molecule has 1 unspecified atom stereocenters. The highest BCUT2D eigenvalue weighted by Crippen LogP contribution is 2.38. The van der Waals surface area contributed by atoms with Crippen molar-refractivity contribution in [2.75, 3.05) is 0 Å². The Hall–Kier alpha value is -1.49. The average molecular weight is 300 g/mol. The molecule has 19 heavy (non-hydrogen) atoms. The van der Waals surface area contributed by atoms with Crippen LogP contribution >= 0.6 is 23.2 Å². The number of aryl methyl sites for hydroxylation is 1. The molecule has 1 atom stereocenters. The minimum absolute atomic E-state index is 0.0861. The molecule has 0 aliphatic heterocycles. The molecule has 0 amide bonds. The minimum Gasteiger partial charge on any atom is -0.508 e. The van der Waals surface area contributed by atoms with Gasteiger partial charge in [-0.05, 0) is 18.2 Å². The number of pyridine rings is 1. The van der Waals surface area contributed by atoms with Crippen LogP contribution in [0.15, 0.2) is 35.3 Å². The maximum absolute atomic E-state index is 11.3. The molecular weight excluding hydrogens is 289 g/mol. The van der Waals surface area contributed by atoms with Crippen LogP contribution in [0.1, 0.15) is 17.2 Å². The SMILES string of the molecule is Cn1cc(C(O)c2c(O)ccc(Cl)c2Cl)ccc1=O. The number of phenolic OH excluding ortho intramolecular Hbond substituents is 1. The van der Waals surface area contributed by atoms with Gasteiger partial charge in [0.2, 0.25) is 5.56 Å². The van der Waals surface area contributed by atoms with E-state index in [9.17, 15) is 15.0 Å². The second-order valence-corrected chi connectivity index (χ2v) is 4.89. The van der Waals surface area contributed by atoms with Gasteiger partial charge in [0.25, 0.3) is 0 Å². The lowest BCUT2D eigenvalue weighted by Crippen LogP contribution is -2.16. The predicted molar refractivity (Wildman–Crippen MR) is 73.9 cm³/mol. The van der Waals surface area contributed by atoms with Gasteiger partial charge in [-0.1, -0.05) is 23.2 Å². The van der Waals surface area contributed by atoms with Crippen molar-refractivity contribution in [1.82, 2.24) is 4.57 Å². The summed E-state index contributed by atoms with van der Waals surface area (Å²) in [5.41, 5.74) is 0.353. The van der Waals surface area contributed by atoms with Crippen molar-refractivity contribution in [3.05, 3.63) is 62.0 Å². The molecule has 0 aliphatic carbocycles. The van der Waals surface area contributed by atoms with Crippen molar-refractivity contribution in [2.45, 2.75) is 6.10 Å². The fraction of sp³-hybridized carbons (Fsp3) is 0.154. The Bertz CT molecular complexity index is 682. The highest BCUT2D eigenvalue weighted by molar-refractivity contribution is 6.42. The molecule has 4 nitrogen and oxygen atoms in total. The van der Waals surface area contributed by atoms with Crippen molar-refractivity contribution < 1.29 is 10.2 Å². The largest absolute Gasteiger partial charge is 0.508 e. The number of aliphatic hydroxyl groups is 1. The molecule has 0 saturated carbocycles. The van der Waals surface area contributed by atoms with E-state index in [1.807, 2.05) is 0 Å². The van der Waals surface area contributed by atoms with Gasteiger partial charge in [0.05, 0.1) is 10.0 Å². The molecule has 0 aliphatic rings. The Morgan fingerprint density at radius 1 is 1.21 bits per heavy atom. The molecule has 100 valence electrons. The van der Waals surface area contributed by atoms with Gasteiger partial charge < -0.3 is 14.8 Å². The Morgan fingerprint density at radius 3 is 2.53 bits per heavy atom. The van der Waals surface area contributed by atoms with E-state index in [2.05, 4.69) is 0 Å². The van der Waals surface area contributed by atoms with Crippen LogP contribution in [0.25, 0.3) is 0 Å². The predicted octanol–water partition coefficient (Wildman–Crippen LogP) is 2.48. The quantitative estimate of drug-likeness (QED) is 0.895. The standard InChI is InChI=1S/C13H11Cl2NO3/c1-16-6-7(2-5-10(16)18)13(19)11-9(17)4-3-8(14)12(11)15/h2-6,13,17,19H,1H3. The summed E-state index contributed by atoms with van der Waals surface area (Å²) in [4.78, 5) is 11.3. The Morgan fingerprint density at radius 2 is 1.89 bits per heavy atom. The van der Waals surface area contributed by atoms with E-state index in [0.717, 1.165) is 0 Å². The molecular formula is C13H11Cl2NO3. The van der Waals surface area contributed by atoms with Gasteiger partial charge in [-0.2, -0.15) is 0 Å². The molecule has 0 radical (unpaired) electrons. The molecule has 1 aromatic carbocycles. The van der Waals surface area contributed by atoms with Crippen LogP contribution in [0.3, 0.4) is 0 Å². The number of hydrogen-bond donors (Lipinski definition) is 2. The average Bonchev–Trinajstić information content (AvgIpc) is 2.37. The molecule has 1 aromatic heterocycles. The monoisotopic (exact) mass is 299 g/mol. The lowest BCUT2D eigenvalue weighted by Gasteiger charge is -2.16. The number of phenols is 1. The molecule has 2 aromatic rings. The highest BCUT2D eigenvalue weighted by atomic mass is 35.5. The topological polar surface area (TPSA) is 62.5 Å². The zero-order valence-electron chi connectivity index (χ0n) is 9.97. The first-order valence-corrected chi connectivity index (χ1v) is 6.19. The number of rotatable bonds is 2. The van der Waals surface area contributed by atoms with Gasteiger partial charge in [0.15, 0.2) is 0 Å². The summed E-state index contributed by atoms with van der Waals surface area (Å²) in [6, 6.07) is 5.60. The van der Waals surface area contributed by atoms with Crippen LogP contribution < -0.4 is 5.56 Å². The van der Waals surface area contributed by atoms with E-state index < -0.39 is 6.10 Å². The van der Waals surface area contributed by atoms with E-state index in [1.165, 1.54) is 35.0 Å². The lowest BCUT2D eigenvalue weighted by molar-refractivity contribution is 0.214. The first-order chi connectivity index (χ1) is 8.91. The molecule has 6 heteroatoms. The second-order valence-electron chi connectivity index (χ2n) is 4.11. The Balaban J connectivity index is 2.55. The third-order valence-electron chi connectivity index (χ3n) is 2.81. The van der Waals surface area contributed by atoms with Gasteiger partial charge in [-0.15, -0.1) is 0 Å². The smallest absolute Gasteiger partial charge is 0.250 e. The second kappa shape index (κ2) is 5.25. The summed E-state index contributed by atoms with van der Waals surface area (Å²) < 4.78 is 1.33. The van der Waals surface area contributed by atoms with Crippen LogP contribution in [0.2, 0.25) is 10.0 Å². The third kappa shape index (κ3) is 2.61. The summed E-state index contributed by atoms with van der Waals surface area (Å²) in [5.74, 6) is -0.157.